The minimum atomic E-state index is -0.357. The predicted octanol–water partition coefficient (Wildman–Crippen LogP) is 2.20. The average Bonchev–Trinajstić information content (AvgIpc) is 2.72. The quantitative estimate of drug-likeness (QED) is 0.913. The van der Waals surface area contributed by atoms with Gasteiger partial charge in [-0.15, -0.1) is 0 Å². The molecule has 2 N–H and O–H groups in total. The molecule has 18 heavy (non-hydrogen) atoms. The van der Waals surface area contributed by atoms with Gasteiger partial charge in [0.15, 0.2) is 0 Å². The van der Waals surface area contributed by atoms with Crippen LogP contribution in [0.5, 0.6) is 0 Å². The molecule has 1 aromatic carbocycles. The zero-order valence-electron chi connectivity index (χ0n) is 10.4. The van der Waals surface area contributed by atoms with Gasteiger partial charge in [-0.3, -0.25) is 4.90 Å². The van der Waals surface area contributed by atoms with Gasteiger partial charge < -0.3 is 10.5 Å². The third-order valence-electron chi connectivity index (χ3n) is 3.43. The molecule has 2 atom stereocenters. The van der Waals surface area contributed by atoms with E-state index in [4.69, 9.17) is 22.1 Å². The lowest BCUT2D eigenvalue weighted by atomic mass is 10.00. The molecule has 100 valence electrons. The molecule has 0 aliphatic carbocycles. The van der Waals surface area contributed by atoms with Gasteiger partial charge in [-0.2, -0.15) is 0 Å². The van der Waals surface area contributed by atoms with Crippen molar-refractivity contribution in [1.82, 2.24) is 4.90 Å². The Morgan fingerprint density at radius 1 is 1.56 bits per heavy atom. The van der Waals surface area contributed by atoms with E-state index in [0.29, 0.717) is 12.2 Å². The highest BCUT2D eigenvalue weighted by atomic mass is 35.5. The molecule has 0 spiro atoms. The van der Waals surface area contributed by atoms with Crippen molar-refractivity contribution in [1.29, 1.82) is 0 Å². The smallest absolute Gasteiger partial charge is 0.146 e. The molecule has 2 unspecified atom stereocenters. The molecule has 5 heteroatoms. The van der Waals surface area contributed by atoms with E-state index in [9.17, 15) is 4.39 Å². The molecule has 0 aromatic heterocycles. The van der Waals surface area contributed by atoms with E-state index >= 15 is 0 Å². The maximum absolute atomic E-state index is 14.1. The van der Waals surface area contributed by atoms with E-state index in [2.05, 4.69) is 4.90 Å². The minimum Gasteiger partial charge on any atom is -0.383 e. The van der Waals surface area contributed by atoms with E-state index < -0.39 is 0 Å². The second kappa shape index (κ2) is 5.97. The van der Waals surface area contributed by atoms with Crippen LogP contribution in [0.1, 0.15) is 18.0 Å². The maximum Gasteiger partial charge on any atom is 0.146 e. The first-order valence-electron chi connectivity index (χ1n) is 6.07. The fourth-order valence-corrected chi connectivity index (χ4v) is 2.70. The topological polar surface area (TPSA) is 38.5 Å². The van der Waals surface area contributed by atoms with Crippen molar-refractivity contribution in [3.8, 4) is 0 Å². The highest BCUT2D eigenvalue weighted by Crippen LogP contribution is 2.34. The standard InChI is InChI=1S/C13H18ClFN2O/c1-18-8-7-17-6-5-11(16)13(17)9-3-2-4-10(14)12(9)15/h2-4,11,13H,5-8,16H2,1H3. The Morgan fingerprint density at radius 2 is 2.33 bits per heavy atom. The summed E-state index contributed by atoms with van der Waals surface area (Å²) in [5.41, 5.74) is 6.69. The third kappa shape index (κ3) is 2.67. The molecule has 0 amide bonds. The molecular formula is C13H18ClFN2O. The number of methoxy groups -OCH3 is 1. The molecule has 0 radical (unpaired) electrons. The van der Waals surface area contributed by atoms with Gasteiger partial charge in [0, 0.05) is 31.8 Å². The SMILES string of the molecule is COCCN1CCC(N)C1c1cccc(Cl)c1F. The van der Waals surface area contributed by atoms with Gasteiger partial charge in [0.2, 0.25) is 0 Å². The van der Waals surface area contributed by atoms with Crippen molar-refractivity contribution in [3.05, 3.63) is 34.6 Å². The molecule has 0 bridgehead atoms. The number of benzene rings is 1. The molecule has 0 saturated carbocycles. The second-order valence-electron chi connectivity index (χ2n) is 4.57. The summed E-state index contributed by atoms with van der Waals surface area (Å²) >= 11 is 5.83. The normalized spacial score (nSPS) is 24.7. The second-order valence-corrected chi connectivity index (χ2v) is 4.98. The van der Waals surface area contributed by atoms with Crippen LogP contribution < -0.4 is 5.73 Å². The lowest BCUT2D eigenvalue weighted by molar-refractivity contribution is 0.138. The summed E-state index contributed by atoms with van der Waals surface area (Å²) in [6.07, 6.45) is 0.861. The van der Waals surface area contributed by atoms with Crippen LogP contribution in [-0.2, 0) is 4.74 Å². The van der Waals surface area contributed by atoms with Crippen LogP contribution in [-0.4, -0.2) is 37.7 Å². The number of hydrogen-bond donors (Lipinski definition) is 1. The Hall–Kier alpha value is -0.680. The van der Waals surface area contributed by atoms with Gasteiger partial charge >= 0.3 is 0 Å². The number of likely N-dealkylation sites (tertiary alicyclic amines) is 1. The Labute approximate surface area is 112 Å². The largest absolute Gasteiger partial charge is 0.383 e. The number of halogens is 2. The van der Waals surface area contributed by atoms with Crippen LogP contribution in [0.3, 0.4) is 0 Å². The number of ether oxygens (including phenoxy) is 1. The van der Waals surface area contributed by atoms with Crippen molar-refractivity contribution in [2.75, 3.05) is 26.8 Å². The predicted molar refractivity (Wildman–Crippen MR) is 70.2 cm³/mol. The summed E-state index contributed by atoms with van der Waals surface area (Å²) in [5, 5.41) is 0.151. The highest BCUT2D eigenvalue weighted by molar-refractivity contribution is 6.30. The van der Waals surface area contributed by atoms with Gasteiger partial charge in [0.25, 0.3) is 0 Å². The van der Waals surface area contributed by atoms with Crippen LogP contribution >= 0.6 is 11.6 Å². The van der Waals surface area contributed by atoms with Crippen LogP contribution in [0.25, 0.3) is 0 Å². The number of nitrogens with two attached hydrogens (primary N) is 1. The van der Waals surface area contributed by atoms with Crippen molar-refractivity contribution in [2.24, 2.45) is 5.73 Å². The van der Waals surface area contributed by atoms with E-state index in [1.165, 1.54) is 0 Å². The molecule has 1 heterocycles. The van der Waals surface area contributed by atoms with Crippen LogP contribution in [0.15, 0.2) is 18.2 Å². The Balaban J connectivity index is 2.25. The van der Waals surface area contributed by atoms with Gasteiger partial charge in [0.1, 0.15) is 5.82 Å². The summed E-state index contributed by atoms with van der Waals surface area (Å²) in [7, 11) is 1.66. The Kier molecular flexibility index (Phi) is 4.56. The number of rotatable bonds is 4. The summed E-state index contributed by atoms with van der Waals surface area (Å²) < 4.78 is 19.2. The van der Waals surface area contributed by atoms with E-state index in [0.717, 1.165) is 19.5 Å². The van der Waals surface area contributed by atoms with Gasteiger partial charge in [-0.25, -0.2) is 4.39 Å². The molecule has 1 fully saturated rings. The van der Waals surface area contributed by atoms with Crippen molar-refractivity contribution < 1.29 is 9.13 Å². The highest BCUT2D eigenvalue weighted by Gasteiger charge is 2.34. The zero-order chi connectivity index (χ0) is 13.1. The first kappa shape index (κ1) is 13.7. The van der Waals surface area contributed by atoms with Crippen molar-refractivity contribution >= 4 is 11.6 Å². The average molecular weight is 273 g/mol. The molecule has 2 rings (SSSR count). The monoisotopic (exact) mass is 272 g/mol. The Bertz CT molecular complexity index is 416. The summed E-state index contributed by atoms with van der Waals surface area (Å²) in [6, 6.07) is 4.91. The van der Waals surface area contributed by atoms with Gasteiger partial charge in [-0.1, -0.05) is 23.7 Å². The summed E-state index contributed by atoms with van der Waals surface area (Å²) in [4.78, 5) is 2.16. The first-order valence-corrected chi connectivity index (χ1v) is 6.45. The molecule has 1 aliphatic heterocycles. The molecule has 1 aromatic rings. The maximum atomic E-state index is 14.1. The summed E-state index contributed by atoms with van der Waals surface area (Å²) in [6.45, 7) is 2.23. The minimum absolute atomic E-state index is 0.0603. The molecule has 1 aliphatic rings. The van der Waals surface area contributed by atoms with Crippen LogP contribution in [0.2, 0.25) is 5.02 Å². The summed E-state index contributed by atoms with van der Waals surface area (Å²) in [5.74, 6) is -0.357. The molecular weight excluding hydrogens is 255 g/mol. The number of hydrogen-bond acceptors (Lipinski definition) is 3. The van der Waals surface area contributed by atoms with Gasteiger partial charge in [-0.05, 0) is 12.5 Å². The fourth-order valence-electron chi connectivity index (χ4n) is 2.52. The van der Waals surface area contributed by atoms with Crippen molar-refractivity contribution in [2.45, 2.75) is 18.5 Å². The lowest BCUT2D eigenvalue weighted by Gasteiger charge is -2.27. The fraction of sp³-hybridized carbons (Fsp3) is 0.538. The lowest BCUT2D eigenvalue weighted by Crippen LogP contribution is -2.34. The van der Waals surface area contributed by atoms with Gasteiger partial charge in [0.05, 0.1) is 17.7 Å². The Morgan fingerprint density at radius 3 is 3.06 bits per heavy atom. The van der Waals surface area contributed by atoms with Crippen LogP contribution in [0.4, 0.5) is 4.39 Å². The van der Waals surface area contributed by atoms with E-state index in [1.54, 1.807) is 25.3 Å². The van der Waals surface area contributed by atoms with Crippen molar-refractivity contribution in [3.63, 3.8) is 0 Å². The molecule has 3 nitrogen and oxygen atoms in total. The van der Waals surface area contributed by atoms with E-state index in [1.807, 2.05) is 0 Å². The number of nitrogens with zero attached hydrogens (tertiary/aromatic N) is 1. The zero-order valence-corrected chi connectivity index (χ0v) is 11.2. The third-order valence-corrected chi connectivity index (χ3v) is 3.72. The van der Waals surface area contributed by atoms with Crippen LogP contribution in [0, 0.1) is 5.82 Å². The molecule has 1 saturated heterocycles. The first-order chi connectivity index (χ1) is 8.65. The van der Waals surface area contributed by atoms with E-state index in [-0.39, 0.29) is 22.9 Å².